The second-order valence-electron chi connectivity index (χ2n) is 4.70. The molecular formula is C12H18N2O2. The Morgan fingerprint density at radius 2 is 2.31 bits per heavy atom. The molecule has 88 valence electrons. The topological polar surface area (TPSA) is 47.3 Å². The smallest absolute Gasteiger partial charge is 0.198 e. The predicted molar refractivity (Wildman–Crippen MR) is 59.5 cm³/mol. The molecule has 2 atom stereocenters. The Hall–Kier alpha value is -0.870. The van der Waals surface area contributed by atoms with Crippen LogP contribution < -0.4 is 5.32 Å². The first-order chi connectivity index (χ1) is 7.93. The summed E-state index contributed by atoms with van der Waals surface area (Å²) in [7, 11) is 0. The van der Waals surface area contributed by atoms with Crippen LogP contribution in [0.2, 0.25) is 0 Å². The van der Waals surface area contributed by atoms with Gasteiger partial charge in [0.05, 0.1) is 12.8 Å². The van der Waals surface area contributed by atoms with Gasteiger partial charge in [0.1, 0.15) is 5.76 Å². The minimum absolute atomic E-state index is 0.429. The molecule has 3 heterocycles. The Bertz CT molecular complexity index is 339. The van der Waals surface area contributed by atoms with Crippen LogP contribution in [0.4, 0.5) is 0 Å². The van der Waals surface area contributed by atoms with Gasteiger partial charge in [-0.2, -0.15) is 0 Å². The largest absolute Gasteiger partial charge is 0.445 e. The van der Waals surface area contributed by atoms with E-state index in [4.69, 9.17) is 9.15 Å². The third-order valence-corrected chi connectivity index (χ3v) is 3.52. The standard InChI is InChI=1S/C12H18N2O2/c1-2-9(6-13-4-1)12-14-7-11(16-12)10-3-5-15-8-10/h7,9-10,13H,1-6,8H2. The maximum atomic E-state index is 5.88. The van der Waals surface area contributed by atoms with Gasteiger partial charge in [-0.25, -0.2) is 4.98 Å². The van der Waals surface area contributed by atoms with Crippen LogP contribution in [0, 0.1) is 0 Å². The van der Waals surface area contributed by atoms with E-state index in [2.05, 4.69) is 10.3 Å². The van der Waals surface area contributed by atoms with Gasteiger partial charge >= 0.3 is 0 Å². The quantitative estimate of drug-likeness (QED) is 0.826. The monoisotopic (exact) mass is 222 g/mol. The van der Waals surface area contributed by atoms with Gasteiger partial charge in [0, 0.05) is 25.0 Å². The van der Waals surface area contributed by atoms with Gasteiger partial charge in [-0.15, -0.1) is 0 Å². The van der Waals surface area contributed by atoms with E-state index >= 15 is 0 Å². The van der Waals surface area contributed by atoms with Crippen LogP contribution >= 0.6 is 0 Å². The number of aromatic nitrogens is 1. The Balaban J connectivity index is 1.71. The number of hydrogen-bond acceptors (Lipinski definition) is 4. The van der Waals surface area contributed by atoms with Crippen molar-refractivity contribution in [1.82, 2.24) is 10.3 Å². The molecule has 0 amide bonds. The summed E-state index contributed by atoms with van der Waals surface area (Å²) in [5.74, 6) is 2.81. The molecule has 3 rings (SSSR count). The minimum Gasteiger partial charge on any atom is -0.445 e. The first-order valence-electron chi connectivity index (χ1n) is 6.17. The highest BCUT2D eigenvalue weighted by atomic mass is 16.5. The minimum atomic E-state index is 0.429. The van der Waals surface area contributed by atoms with Crippen LogP contribution in [0.5, 0.6) is 0 Å². The fraction of sp³-hybridized carbons (Fsp3) is 0.750. The second-order valence-corrected chi connectivity index (χ2v) is 4.70. The van der Waals surface area contributed by atoms with Gasteiger partial charge in [0.2, 0.25) is 0 Å². The van der Waals surface area contributed by atoms with Crippen molar-refractivity contribution in [3.63, 3.8) is 0 Å². The molecule has 2 saturated heterocycles. The zero-order valence-corrected chi connectivity index (χ0v) is 9.45. The molecule has 2 fully saturated rings. The lowest BCUT2D eigenvalue weighted by atomic mass is 10.00. The Morgan fingerprint density at radius 1 is 1.31 bits per heavy atom. The first kappa shape index (κ1) is 10.3. The summed E-state index contributed by atoms with van der Waals surface area (Å²) in [4.78, 5) is 4.42. The van der Waals surface area contributed by atoms with Crippen LogP contribution in [0.25, 0.3) is 0 Å². The fourth-order valence-corrected chi connectivity index (χ4v) is 2.50. The average molecular weight is 222 g/mol. The van der Waals surface area contributed by atoms with E-state index in [-0.39, 0.29) is 0 Å². The normalized spacial score (nSPS) is 30.8. The molecule has 0 saturated carbocycles. The van der Waals surface area contributed by atoms with Crippen molar-refractivity contribution in [2.45, 2.75) is 31.1 Å². The highest BCUT2D eigenvalue weighted by molar-refractivity contribution is 5.06. The van der Waals surface area contributed by atoms with Crippen molar-refractivity contribution >= 4 is 0 Å². The van der Waals surface area contributed by atoms with Gasteiger partial charge in [0.15, 0.2) is 5.89 Å². The van der Waals surface area contributed by atoms with Gasteiger partial charge in [-0.05, 0) is 25.8 Å². The second kappa shape index (κ2) is 4.55. The summed E-state index contributed by atoms with van der Waals surface area (Å²) in [6.45, 7) is 3.77. The number of hydrogen-bond donors (Lipinski definition) is 1. The van der Waals surface area contributed by atoms with E-state index in [0.29, 0.717) is 11.8 Å². The number of rotatable bonds is 2. The molecule has 1 N–H and O–H groups in total. The summed E-state index contributed by atoms with van der Waals surface area (Å²) in [6, 6.07) is 0. The number of piperidine rings is 1. The Kier molecular flexibility index (Phi) is 2.93. The first-order valence-corrected chi connectivity index (χ1v) is 6.17. The molecular weight excluding hydrogens is 204 g/mol. The van der Waals surface area contributed by atoms with Crippen molar-refractivity contribution in [3.8, 4) is 0 Å². The van der Waals surface area contributed by atoms with E-state index in [1.165, 1.54) is 12.8 Å². The van der Waals surface area contributed by atoms with Crippen molar-refractivity contribution in [2.24, 2.45) is 0 Å². The molecule has 0 bridgehead atoms. The highest BCUT2D eigenvalue weighted by Gasteiger charge is 2.25. The van der Waals surface area contributed by atoms with Crippen LogP contribution in [-0.4, -0.2) is 31.3 Å². The summed E-state index contributed by atoms with van der Waals surface area (Å²) < 4.78 is 11.2. The third-order valence-electron chi connectivity index (χ3n) is 3.52. The maximum Gasteiger partial charge on any atom is 0.198 e. The molecule has 4 heteroatoms. The predicted octanol–water partition coefficient (Wildman–Crippen LogP) is 1.65. The zero-order valence-electron chi connectivity index (χ0n) is 9.45. The van der Waals surface area contributed by atoms with Gasteiger partial charge in [-0.3, -0.25) is 0 Å². The van der Waals surface area contributed by atoms with Gasteiger partial charge in [0.25, 0.3) is 0 Å². The summed E-state index contributed by atoms with van der Waals surface area (Å²) in [5, 5.41) is 3.39. The molecule has 2 aliphatic heterocycles. The number of ether oxygens (including phenoxy) is 1. The average Bonchev–Trinajstić information content (AvgIpc) is 3.01. The Labute approximate surface area is 95.4 Å². The maximum absolute atomic E-state index is 5.88. The number of oxazole rings is 1. The summed E-state index contributed by atoms with van der Waals surface area (Å²) in [6.07, 6.45) is 5.36. The lowest BCUT2D eigenvalue weighted by Crippen LogP contribution is -2.28. The molecule has 4 nitrogen and oxygen atoms in total. The number of nitrogens with one attached hydrogen (secondary N) is 1. The molecule has 2 unspecified atom stereocenters. The van der Waals surface area contributed by atoms with Gasteiger partial charge < -0.3 is 14.5 Å². The zero-order chi connectivity index (χ0) is 10.8. The Morgan fingerprint density at radius 3 is 3.06 bits per heavy atom. The van der Waals surface area contributed by atoms with Gasteiger partial charge in [-0.1, -0.05) is 0 Å². The van der Waals surface area contributed by atoms with Crippen LogP contribution in [-0.2, 0) is 4.74 Å². The summed E-state index contributed by atoms with van der Waals surface area (Å²) in [5.41, 5.74) is 0. The molecule has 0 radical (unpaired) electrons. The molecule has 0 aromatic carbocycles. The molecule has 16 heavy (non-hydrogen) atoms. The lowest BCUT2D eigenvalue weighted by Gasteiger charge is -2.19. The van der Waals surface area contributed by atoms with Crippen molar-refractivity contribution in [1.29, 1.82) is 0 Å². The molecule has 1 aromatic rings. The van der Waals surface area contributed by atoms with Crippen LogP contribution in [0.15, 0.2) is 10.6 Å². The molecule has 0 aliphatic carbocycles. The van der Waals surface area contributed by atoms with Crippen LogP contribution in [0.3, 0.4) is 0 Å². The van der Waals surface area contributed by atoms with Crippen molar-refractivity contribution < 1.29 is 9.15 Å². The van der Waals surface area contributed by atoms with E-state index in [0.717, 1.165) is 44.4 Å². The molecule has 2 aliphatic rings. The van der Waals surface area contributed by atoms with Crippen molar-refractivity contribution in [3.05, 3.63) is 17.8 Å². The third kappa shape index (κ3) is 1.99. The highest BCUT2D eigenvalue weighted by Crippen LogP contribution is 2.29. The van der Waals surface area contributed by atoms with E-state index < -0.39 is 0 Å². The van der Waals surface area contributed by atoms with E-state index in [9.17, 15) is 0 Å². The fourth-order valence-electron chi connectivity index (χ4n) is 2.50. The number of nitrogens with zero attached hydrogens (tertiary/aromatic N) is 1. The molecule has 1 aromatic heterocycles. The summed E-state index contributed by atoms with van der Waals surface area (Å²) >= 11 is 0. The van der Waals surface area contributed by atoms with E-state index in [1.54, 1.807) is 0 Å². The lowest BCUT2D eigenvalue weighted by molar-refractivity contribution is 0.191. The molecule has 0 spiro atoms. The van der Waals surface area contributed by atoms with Crippen LogP contribution in [0.1, 0.15) is 42.7 Å². The SMILES string of the molecule is c1nc(C2CCCNC2)oc1C1CCOC1. The van der Waals surface area contributed by atoms with Crippen molar-refractivity contribution in [2.75, 3.05) is 26.3 Å². The van der Waals surface area contributed by atoms with E-state index in [1.807, 2.05) is 6.20 Å².